The first kappa shape index (κ1) is 14.5. The maximum absolute atomic E-state index is 11.5. The number of benzene rings is 1. The fourth-order valence-electron chi connectivity index (χ4n) is 1.30. The Hall–Kier alpha value is -2.57. The predicted octanol–water partition coefficient (Wildman–Crippen LogP) is 1.07. The Balaban J connectivity index is 2.57. The van der Waals surface area contributed by atoms with Crippen LogP contribution in [-0.4, -0.2) is 36.2 Å². The van der Waals surface area contributed by atoms with Crippen molar-refractivity contribution in [2.45, 2.75) is 13.0 Å². The number of anilines is 1. The number of urea groups is 1. The first-order valence-corrected chi connectivity index (χ1v) is 5.42. The molecule has 0 radical (unpaired) electrons. The molecule has 7 nitrogen and oxygen atoms in total. The van der Waals surface area contributed by atoms with E-state index in [1.165, 1.54) is 38.3 Å². The van der Waals surface area contributed by atoms with Crippen molar-refractivity contribution in [2.24, 2.45) is 0 Å². The lowest BCUT2D eigenvalue weighted by molar-refractivity contribution is -0.142. The standard InChI is InChI=1S/C12H14N2O5/c1-7(11(17)19-2)13-12(18)14-9-5-3-8(4-6-9)10(15)16/h3-7H,1-2H3,(H,15,16)(H2,13,14,18). The van der Waals surface area contributed by atoms with Gasteiger partial charge in [0.1, 0.15) is 6.04 Å². The van der Waals surface area contributed by atoms with Crippen molar-refractivity contribution in [2.75, 3.05) is 12.4 Å². The molecule has 0 aliphatic carbocycles. The van der Waals surface area contributed by atoms with Crippen LogP contribution in [0.2, 0.25) is 0 Å². The molecule has 0 bridgehead atoms. The molecule has 19 heavy (non-hydrogen) atoms. The number of carboxylic acids is 1. The van der Waals surface area contributed by atoms with Gasteiger partial charge in [-0.15, -0.1) is 0 Å². The van der Waals surface area contributed by atoms with E-state index in [1.807, 2.05) is 0 Å². The number of hydrogen-bond acceptors (Lipinski definition) is 4. The third-order valence-corrected chi connectivity index (χ3v) is 2.29. The molecule has 1 aromatic rings. The Morgan fingerprint density at radius 1 is 1.21 bits per heavy atom. The van der Waals surface area contributed by atoms with Gasteiger partial charge in [0, 0.05) is 5.69 Å². The number of aromatic carboxylic acids is 1. The van der Waals surface area contributed by atoms with Gasteiger partial charge in [0.05, 0.1) is 12.7 Å². The topological polar surface area (TPSA) is 105 Å². The number of methoxy groups -OCH3 is 1. The summed E-state index contributed by atoms with van der Waals surface area (Å²) in [5, 5.41) is 13.6. The van der Waals surface area contributed by atoms with E-state index >= 15 is 0 Å². The number of amides is 2. The zero-order valence-electron chi connectivity index (χ0n) is 10.5. The summed E-state index contributed by atoms with van der Waals surface area (Å²) in [4.78, 5) is 33.2. The first-order chi connectivity index (χ1) is 8.93. The third kappa shape index (κ3) is 4.30. The zero-order valence-corrected chi connectivity index (χ0v) is 10.5. The molecule has 1 aromatic carbocycles. The van der Waals surface area contributed by atoms with Crippen molar-refractivity contribution < 1.29 is 24.2 Å². The third-order valence-electron chi connectivity index (χ3n) is 2.29. The van der Waals surface area contributed by atoms with Crippen LogP contribution in [0.1, 0.15) is 17.3 Å². The second-order valence-corrected chi connectivity index (χ2v) is 3.73. The highest BCUT2D eigenvalue weighted by atomic mass is 16.5. The second kappa shape index (κ2) is 6.39. The van der Waals surface area contributed by atoms with Crippen LogP contribution in [0.25, 0.3) is 0 Å². The molecule has 2 amide bonds. The predicted molar refractivity (Wildman–Crippen MR) is 67.0 cm³/mol. The van der Waals surface area contributed by atoms with Gasteiger partial charge < -0.3 is 20.5 Å². The number of carbonyl (C=O) groups is 3. The van der Waals surface area contributed by atoms with Gasteiger partial charge in [-0.2, -0.15) is 0 Å². The molecule has 3 N–H and O–H groups in total. The van der Waals surface area contributed by atoms with E-state index in [9.17, 15) is 14.4 Å². The molecule has 0 spiro atoms. The minimum absolute atomic E-state index is 0.119. The number of ether oxygens (including phenoxy) is 1. The molecule has 0 fully saturated rings. The molecule has 1 atom stereocenters. The smallest absolute Gasteiger partial charge is 0.335 e. The van der Waals surface area contributed by atoms with Gasteiger partial charge in [-0.3, -0.25) is 0 Å². The van der Waals surface area contributed by atoms with E-state index in [2.05, 4.69) is 15.4 Å². The SMILES string of the molecule is COC(=O)C(C)NC(=O)Nc1ccc(C(=O)O)cc1. The number of hydrogen-bond donors (Lipinski definition) is 3. The van der Waals surface area contributed by atoms with Crippen LogP contribution in [0.15, 0.2) is 24.3 Å². The summed E-state index contributed by atoms with van der Waals surface area (Å²) in [6.45, 7) is 1.49. The Morgan fingerprint density at radius 2 is 1.79 bits per heavy atom. The summed E-state index contributed by atoms with van der Waals surface area (Å²) in [7, 11) is 1.23. The number of nitrogens with one attached hydrogen (secondary N) is 2. The van der Waals surface area contributed by atoms with Gasteiger partial charge in [0.25, 0.3) is 0 Å². The van der Waals surface area contributed by atoms with E-state index in [0.717, 1.165) is 0 Å². The Labute approximate surface area is 109 Å². The van der Waals surface area contributed by atoms with Crippen LogP contribution < -0.4 is 10.6 Å². The summed E-state index contributed by atoms with van der Waals surface area (Å²) in [5.74, 6) is -1.60. The van der Waals surface area contributed by atoms with Crippen molar-refractivity contribution in [3.8, 4) is 0 Å². The molecule has 1 rings (SSSR count). The number of esters is 1. The summed E-state index contributed by atoms with van der Waals surface area (Å²) in [6, 6.07) is 4.27. The molecule has 1 unspecified atom stereocenters. The monoisotopic (exact) mass is 266 g/mol. The molecule has 7 heteroatoms. The molecular formula is C12H14N2O5. The number of rotatable bonds is 4. The summed E-state index contributed by atoms with van der Waals surface area (Å²) in [5.41, 5.74) is 0.536. The molecular weight excluding hydrogens is 252 g/mol. The van der Waals surface area contributed by atoms with Gasteiger partial charge >= 0.3 is 18.0 Å². The van der Waals surface area contributed by atoms with Gasteiger partial charge in [-0.05, 0) is 31.2 Å². The van der Waals surface area contributed by atoms with E-state index in [0.29, 0.717) is 5.69 Å². The van der Waals surface area contributed by atoms with E-state index in [-0.39, 0.29) is 5.56 Å². The molecule has 0 saturated carbocycles. The first-order valence-electron chi connectivity index (χ1n) is 5.42. The van der Waals surface area contributed by atoms with Crippen molar-refractivity contribution in [3.05, 3.63) is 29.8 Å². The van der Waals surface area contributed by atoms with E-state index in [4.69, 9.17) is 5.11 Å². The minimum Gasteiger partial charge on any atom is -0.478 e. The minimum atomic E-state index is -1.05. The van der Waals surface area contributed by atoms with Crippen molar-refractivity contribution in [1.29, 1.82) is 0 Å². The Morgan fingerprint density at radius 3 is 2.26 bits per heavy atom. The molecule has 0 aromatic heterocycles. The fraction of sp³-hybridized carbons (Fsp3) is 0.250. The highest BCUT2D eigenvalue weighted by Gasteiger charge is 2.15. The Kier molecular flexibility index (Phi) is 4.87. The van der Waals surface area contributed by atoms with Crippen LogP contribution in [0.4, 0.5) is 10.5 Å². The second-order valence-electron chi connectivity index (χ2n) is 3.73. The van der Waals surface area contributed by atoms with Crippen LogP contribution >= 0.6 is 0 Å². The average Bonchev–Trinajstić information content (AvgIpc) is 2.38. The number of carbonyl (C=O) groups excluding carboxylic acids is 2. The summed E-state index contributed by atoms with van der Waals surface area (Å²) >= 11 is 0. The highest BCUT2D eigenvalue weighted by molar-refractivity contribution is 5.93. The Bertz CT molecular complexity index is 483. The maximum atomic E-state index is 11.5. The lowest BCUT2D eigenvalue weighted by atomic mass is 10.2. The summed E-state index contributed by atoms with van der Waals surface area (Å²) in [6.07, 6.45) is 0. The average molecular weight is 266 g/mol. The van der Waals surface area contributed by atoms with Crippen LogP contribution in [0, 0.1) is 0 Å². The van der Waals surface area contributed by atoms with Crippen molar-refractivity contribution in [3.63, 3.8) is 0 Å². The summed E-state index contributed by atoms with van der Waals surface area (Å²) < 4.78 is 4.46. The van der Waals surface area contributed by atoms with Crippen molar-refractivity contribution >= 4 is 23.7 Å². The van der Waals surface area contributed by atoms with Gasteiger partial charge in [0.2, 0.25) is 0 Å². The largest absolute Gasteiger partial charge is 0.478 e. The van der Waals surface area contributed by atoms with Crippen LogP contribution in [0.5, 0.6) is 0 Å². The lowest BCUT2D eigenvalue weighted by Crippen LogP contribution is -2.41. The van der Waals surface area contributed by atoms with E-state index < -0.39 is 24.0 Å². The zero-order chi connectivity index (χ0) is 14.4. The molecule has 0 saturated heterocycles. The lowest BCUT2D eigenvalue weighted by Gasteiger charge is -2.12. The molecule has 0 aliphatic rings. The van der Waals surface area contributed by atoms with Gasteiger partial charge in [-0.25, -0.2) is 14.4 Å². The molecule has 0 aliphatic heterocycles. The van der Waals surface area contributed by atoms with Crippen molar-refractivity contribution in [1.82, 2.24) is 5.32 Å². The normalized spacial score (nSPS) is 11.3. The number of carboxylic acid groups (broad SMARTS) is 1. The van der Waals surface area contributed by atoms with Gasteiger partial charge in [0.15, 0.2) is 0 Å². The molecule has 102 valence electrons. The fourth-order valence-corrected chi connectivity index (χ4v) is 1.30. The van der Waals surface area contributed by atoms with Gasteiger partial charge in [-0.1, -0.05) is 0 Å². The molecule has 0 heterocycles. The highest BCUT2D eigenvalue weighted by Crippen LogP contribution is 2.09. The quantitative estimate of drug-likeness (QED) is 0.707. The van der Waals surface area contributed by atoms with Crippen LogP contribution in [-0.2, 0) is 9.53 Å². The van der Waals surface area contributed by atoms with Crippen LogP contribution in [0.3, 0.4) is 0 Å². The van der Waals surface area contributed by atoms with E-state index in [1.54, 1.807) is 0 Å². The maximum Gasteiger partial charge on any atom is 0.335 e.